The minimum absolute atomic E-state index is 0.623. The van der Waals surface area contributed by atoms with Gasteiger partial charge in [-0.3, -0.25) is 0 Å². The van der Waals surface area contributed by atoms with E-state index in [2.05, 4.69) is 359 Å². The van der Waals surface area contributed by atoms with Crippen molar-refractivity contribution in [1.29, 1.82) is 0 Å². The molecule has 0 atom stereocenters. The van der Waals surface area contributed by atoms with Crippen LogP contribution < -0.4 is 5.19 Å². The molecular weight excluding hydrogens is 1570 g/mol. The molecule has 0 radical (unpaired) electrons. The van der Waals surface area contributed by atoms with Crippen molar-refractivity contribution in [2.45, 2.75) is 19.6 Å². The molecule has 24 aromatic rings. The predicted octanol–water partition coefficient (Wildman–Crippen LogP) is 29.3. The third kappa shape index (κ3) is 14.0. The highest BCUT2D eigenvalue weighted by molar-refractivity contribution is 6.88. The Balaban J connectivity index is 0.000000148. The largest absolute Gasteiger partial charge is 0.309 e. The molecule has 10 nitrogen and oxygen atoms in total. The van der Waals surface area contributed by atoms with E-state index >= 15 is 0 Å². The second-order valence-electron chi connectivity index (χ2n) is 33.8. The number of hydrogen-bond donors (Lipinski definition) is 0. The SMILES string of the molecule is C[Si](C)(C)c1ccc(-n2c3ccccc3c3cc(-c4ccc5c6ccccc6n(-c6cccc(-c7nc(-c8ccccc8)nc(-c8ccccc8)n7)c6)c5c4)ccc32)cc1.c1ccc(-c2ccc(-c3ccc(-n4c5ccccc5c5cc(-c6ccc7c8ccccc8n(-c8cccc(-c9nc(-c%10ccccc%10)nc(-c%10ccccc%10)n9)c8)c7c6)ccc54)cc3)cc2)cc1. The fourth-order valence-corrected chi connectivity index (χ4v) is 19.7. The van der Waals surface area contributed by atoms with Crippen LogP contribution in [-0.4, -0.2) is 56.2 Å². The average Bonchev–Trinajstić information content (AvgIpc) is 1.59. The van der Waals surface area contributed by atoms with Gasteiger partial charge in [-0.2, -0.15) is 0 Å². The summed E-state index contributed by atoms with van der Waals surface area (Å²) in [6, 6.07) is 158. The third-order valence-electron chi connectivity index (χ3n) is 24.9. The lowest BCUT2D eigenvalue weighted by Crippen LogP contribution is -2.37. The van der Waals surface area contributed by atoms with E-state index < -0.39 is 8.07 Å². The molecule has 0 saturated carbocycles. The van der Waals surface area contributed by atoms with Crippen LogP contribution in [0.5, 0.6) is 0 Å². The van der Waals surface area contributed by atoms with Gasteiger partial charge in [0.2, 0.25) is 0 Å². The van der Waals surface area contributed by atoms with Crippen LogP contribution in [0.4, 0.5) is 0 Å². The van der Waals surface area contributed by atoms with Crippen molar-refractivity contribution in [3.05, 3.63) is 443 Å². The molecule has 0 bridgehead atoms. The van der Waals surface area contributed by atoms with Crippen LogP contribution in [0.15, 0.2) is 443 Å². The van der Waals surface area contributed by atoms with Crippen molar-refractivity contribution in [3.63, 3.8) is 0 Å². The molecule has 604 valence electrons. The summed E-state index contributed by atoms with van der Waals surface area (Å²) < 4.78 is 9.56. The van der Waals surface area contributed by atoms with E-state index in [0.29, 0.717) is 34.9 Å². The molecule has 0 spiro atoms. The molecule has 6 aromatic heterocycles. The number of para-hydroxylation sites is 4. The summed E-state index contributed by atoms with van der Waals surface area (Å²) >= 11 is 0. The fourth-order valence-electron chi connectivity index (χ4n) is 18.6. The lowest BCUT2D eigenvalue weighted by Gasteiger charge is -2.17. The summed E-state index contributed by atoms with van der Waals surface area (Å²) in [5.41, 5.74) is 28.8. The topological polar surface area (TPSA) is 97.1 Å². The maximum atomic E-state index is 5.06. The Morgan fingerprint density at radius 3 is 0.727 bits per heavy atom. The van der Waals surface area contributed by atoms with Crippen LogP contribution in [-0.2, 0) is 0 Å². The van der Waals surface area contributed by atoms with E-state index in [9.17, 15) is 0 Å². The molecule has 24 rings (SSSR count). The molecule has 18 aromatic carbocycles. The minimum Gasteiger partial charge on any atom is -0.309 e. The Bertz CT molecular complexity index is 8250. The van der Waals surface area contributed by atoms with Gasteiger partial charge in [0.15, 0.2) is 34.9 Å². The van der Waals surface area contributed by atoms with Crippen LogP contribution in [0.2, 0.25) is 19.6 Å². The van der Waals surface area contributed by atoms with Gasteiger partial charge < -0.3 is 18.3 Å². The number of aromatic nitrogens is 10. The summed E-state index contributed by atoms with van der Waals surface area (Å²) in [7, 11) is -1.42. The van der Waals surface area contributed by atoms with Crippen molar-refractivity contribution >= 4 is 100 Å². The first-order valence-electron chi connectivity index (χ1n) is 43.5. The zero-order valence-electron chi connectivity index (χ0n) is 70.6. The van der Waals surface area contributed by atoms with E-state index in [1.807, 2.05) is 121 Å². The summed E-state index contributed by atoms with van der Waals surface area (Å²) in [6.45, 7) is 7.20. The molecule has 128 heavy (non-hydrogen) atoms. The highest BCUT2D eigenvalue weighted by atomic mass is 28.3. The Labute approximate surface area is 741 Å². The minimum atomic E-state index is -1.42. The van der Waals surface area contributed by atoms with Crippen molar-refractivity contribution in [2.24, 2.45) is 0 Å². The van der Waals surface area contributed by atoms with Crippen LogP contribution in [0.3, 0.4) is 0 Å². The predicted molar refractivity (Wildman–Crippen MR) is 534 cm³/mol. The first-order chi connectivity index (χ1) is 63.1. The van der Waals surface area contributed by atoms with Gasteiger partial charge in [-0.1, -0.05) is 358 Å². The lowest BCUT2D eigenvalue weighted by molar-refractivity contribution is 1.07. The highest BCUT2D eigenvalue weighted by Gasteiger charge is 2.24. The molecule has 0 amide bonds. The maximum Gasteiger partial charge on any atom is 0.164 e. The van der Waals surface area contributed by atoms with Gasteiger partial charge in [-0.05, 0) is 154 Å². The van der Waals surface area contributed by atoms with E-state index in [-0.39, 0.29) is 0 Å². The van der Waals surface area contributed by atoms with Crippen LogP contribution in [0, 0.1) is 0 Å². The first-order valence-corrected chi connectivity index (χ1v) is 47.0. The van der Waals surface area contributed by atoms with E-state index in [1.165, 1.54) is 109 Å². The van der Waals surface area contributed by atoms with E-state index in [4.69, 9.17) is 29.9 Å². The molecule has 0 fully saturated rings. The Kier molecular flexibility index (Phi) is 19.0. The molecule has 0 unspecified atom stereocenters. The van der Waals surface area contributed by atoms with E-state index in [0.717, 1.165) is 83.6 Å². The lowest BCUT2D eigenvalue weighted by atomic mass is 10.00. The van der Waals surface area contributed by atoms with Gasteiger partial charge >= 0.3 is 0 Å². The van der Waals surface area contributed by atoms with Crippen LogP contribution >= 0.6 is 0 Å². The molecule has 0 aliphatic carbocycles. The molecule has 0 saturated heterocycles. The number of nitrogens with zero attached hydrogens (tertiary/aromatic N) is 10. The average molecular weight is 1660 g/mol. The standard InChI is InChI=1S/C63H41N5.C54H41N5Si/c1-4-15-42(16-5-1)43-27-29-44(30-28-43)45-31-35-51(36-32-45)67-58-26-13-11-24-54(58)56-40-48(34-38-59(56)67)49-33-37-55-53-23-10-12-25-57(53)68(60(55)41-49)52-22-14-21-50(39-52)63-65-61(46-17-6-2-7-18-46)64-62(66-63)47-19-8-3-9-20-47;1-60(2,3)43-29-27-41(28-30-43)58-49-24-13-11-22-45(49)47-34-38(26-32-50(47)58)39-25-31-46-44-21-10-12-23-48(44)59(51(46)35-39)42-20-14-19-40(33-42)54-56-52(36-15-6-4-7-16-36)55-53(57-54)37-17-8-5-9-18-37/h1-41H;4-35H,1-3H3. The van der Waals surface area contributed by atoms with Gasteiger partial charge in [0.05, 0.1) is 52.2 Å². The maximum absolute atomic E-state index is 5.06. The molecule has 0 aliphatic heterocycles. The third-order valence-corrected chi connectivity index (χ3v) is 27.0. The smallest absolute Gasteiger partial charge is 0.164 e. The zero-order valence-corrected chi connectivity index (χ0v) is 71.6. The zero-order chi connectivity index (χ0) is 85.3. The second-order valence-corrected chi connectivity index (χ2v) is 38.9. The quantitative estimate of drug-likeness (QED) is 0.0949. The van der Waals surface area contributed by atoms with Crippen LogP contribution in [0.25, 0.3) is 223 Å². The van der Waals surface area contributed by atoms with Crippen molar-refractivity contribution < 1.29 is 0 Å². The molecule has 11 heteroatoms. The summed E-state index contributed by atoms with van der Waals surface area (Å²) in [4.78, 5) is 30.1. The van der Waals surface area contributed by atoms with Gasteiger partial charge in [-0.25, -0.2) is 29.9 Å². The summed E-state index contributed by atoms with van der Waals surface area (Å²) in [5.74, 6) is 3.82. The van der Waals surface area contributed by atoms with E-state index in [1.54, 1.807) is 0 Å². The highest BCUT2D eigenvalue weighted by Crippen LogP contribution is 2.43. The monoisotopic (exact) mass is 1650 g/mol. The number of benzene rings is 18. The van der Waals surface area contributed by atoms with Crippen molar-refractivity contribution in [3.8, 4) is 136 Å². The van der Waals surface area contributed by atoms with Crippen molar-refractivity contribution in [1.82, 2.24) is 48.2 Å². The van der Waals surface area contributed by atoms with Gasteiger partial charge in [0.25, 0.3) is 0 Å². The van der Waals surface area contributed by atoms with Gasteiger partial charge in [0.1, 0.15) is 0 Å². The second kappa shape index (κ2) is 31.9. The summed E-state index contributed by atoms with van der Waals surface area (Å²) in [6.07, 6.45) is 0. The Hall–Kier alpha value is -16.6. The fraction of sp³-hybridized carbons (Fsp3) is 0.0256. The molecule has 6 heterocycles. The van der Waals surface area contributed by atoms with Gasteiger partial charge in [-0.15, -0.1) is 0 Å². The Morgan fingerprint density at radius 1 is 0.148 bits per heavy atom. The number of fused-ring (bicyclic) bond motifs is 12. The van der Waals surface area contributed by atoms with Gasteiger partial charge in [0, 0.05) is 99.2 Å². The number of hydrogen-bond acceptors (Lipinski definition) is 6. The summed E-state index contributed by atoms with van der Waals surface area (Å²) in [5, 5.41) is 11.2. The van der Waals surface area contributed by atoms with Crippen LogP contribution in [0.1, 0.15) is 0 Å². The van der Waals surface area contributed by atoms with Crippen molar-refractivity contribution in [2.75, 3.05) is 0 Å². The number of rotatable bonds is 15. The molecule has 0 N–H and O–H groups in total. The Morgan fingerprint density at radius 2 is 0.383 bits per heavy atom. The normalized spacial score (nSPS) is 11.7. The molecule has 0 aliphatic rings. The first kappa shape index (κ1) is 76.3. The molecular formula is C117H82N10Si.